The van der Waals surface area contributed by atoms with Crippen LogP contribution in [0.2, 0.25) is 0 Å². The third-order valence-corrected chi connectivity index (χ3v) is 6.12. The first-order valence-corrected chi connectivity index (χ1v) is 11.2. The van der Waals surface area contributed by atoms with Crippen LogP contribution in [-0.2, 0) is 20.7 Å². The smallest absolute Gasteiger partial charge is 0.410 e. The zero-order valence-electron chi connectivity index (χ0n) is 18.6. The van der Waals surface area contributed by atoms with E-state index in [2.05, 4.69) is 27.2 Å². The summed E-state index contributed by atoms with van der Waals surface area (Å²) in [7, 11) is 0. The molecule has 1 N–H and O–H groups in total. The summed E-state index contributed by atoms with van der Waals surface area (Å²) in [6.45, 7) is 9.19. The lowest BCUT2D eigenvalue weighted by Gasteiger charge is -2.42. The molecule has 3 amide bonds. The molecule has 2 saturated heterocycles. The first-order chi connectivity index (χ1) is 14.7. The van der Waals surface area contributed by atoms with Crippen molar-refractivity contribution in [2.75, 3.05) is 42.5 Å². The van der Waals surface area contributed by atoms with Gasteiger partial charge in [0.15, 0.2) is 0 Å². The van der Waals surface area contributed by atoms with E-state index in [1.165, 1.54) is 11.3 Å². The molecule has 8 heteroatoms. The van der Waals surface area contributed by atoms with Crippen LogP contribution in [0.5, 0.6) is 0 Å². The summed E-state index contributed by atoms with van der Waals surface area (Å²) >= 11 is 0. The van der Waals surface area contributed by atoms with Crippen molar-refractivity contribution in [3.63, 3.8) is 0 Å². The van der Waals surface area contributed by atoms with Gasteiger partial charge in [0.25, 0.3) is 0 Å². The second kappa shape index (κ2) is 8.40. The van der Waals surface area contributed by atoms with Gasteiger partial charge < -0.3 is 19.4 Å². The van der Waals surface area contributed by atoms with E-state index in [9.17, 15) is 14.4 Å². The standard InChI is InChI=1S/C23H32N4O4/c1-23(2,3)31-22(30)26-14-12-25(13-15-26)17-7-4-8-18-16(17)6-5-11-27(18)19-9-10-20(28)24-21(19)29/h4,7-8,19H,5-6,9-15H2,1-3H3,(H,24,28,29)/t19-/m1/s1. The van der Waals surface area contributed by atoms with E-state index < -0.39 is 5.60 Å². The van der Waals surface area contributed by atoms with Crippen molar-refractivity contribution < 1.29 is 19.1 Å². The van der Waals surface area contributed by atoms with Gasteiger partial charge in [-0.05, 0) is 57.7 Å². The first-order valence-electron chi connectivity index (χ1n) is 11.2. The third kappa shape index (κ3) is 4.62. The summed E-state index contributed by atoms with van der Waals surface area (Å²) in [5, 5.41) is 2.49. The Morgan fingerprint density at radius 2 is 1.74 bits per heavy atom. The normalized spacial score (nSPS) is 22.2. The Labute approximate surface area is 183 Å². The van der Waals surface area contributed by atoms with E-state index in [0.717, 1.165) is 38.2 Å². The molecule has 0 saturated carbocycles. The highest BCUT2D eigenvalue weighted by molar-refractivity contribution is 6.02. The lowest BCUT2D eigenvalue weighted by Crippen LogP contribution is -2.54. The van der Waals surface area contributed by atoms with Gasteiger partial charge >= 0.3 is 6.09 Å². The molecule has 3 aliphatic heterocycles. The Bertz CT molecular complexity index is 871. The van der Waals surface area contributed by atoms with E-state index in [-0.39, 0.29) is 23.9 Å². The quantitative estimate of drug-likeness (QED) is 0.728. The summed E-state index contributed by atoms with van der Waals surface area (Å²) in [4.78, 5) is 42.7. The van der Waals surface area contributed by atoms with Crippen LogP contribution in [-0.4, -0.2) is 67.2 Å². The van der Waals surface area contributed by atoms with Crippen LogP contribution in [0.15, 0.2) is 18.2 Å². The largest absolute Gasteiger partial charge is 0.444 e. The number of ether oxygens (including phenoxy) is 1. The molecule has 4 rings (SSSR count). The molecule has 168 valence electrons. The van der Waals surface area contributed by atoms with Crippen LogP contribution in [0.1, 0.15) is 45.6 Å². The third-order valence-electron chi connectivity index (χ3n) is 6.12. The number of nitrogens with one attached hydrogen (secondary N) is 1. The fourth-order valence-electron chi connectivity index (χ4n) is 4.69. The Morgan fingerprint density at radius 3 is 2.42 bits per heavy atom. The Kier molecular flexibility index (Phi) is 5.81. The lowest BCUT2D eigenvalue weighted by molar-refractivity contribution is -0.134. The number of amides is 3. The first kappa shape index (κ1) is 21.5. The lowest BCUT2D eigenvalue weighted by atomic mass is 9.94. The molecule has 0 aromatic heterocycles. The number of imide groups is 1. The van der Waals surface area contributed by atoms with E-state index in [1.54, 1.807) is 4.90 Å². The highest BCUT2D eigenvalue weighted by Gasteiger charge is 2.35. The van der Waals surface area contributed by atoms with Gasteiger partial charge in [-0.2, -0.15) is 0 Å². The monoisotopic (exact) mass is 428 g/mol. The summed E-state index contributed by atoms with van der Waals surface area (Å²) in [5.74, 6) is -0.379. The SMILES string of the molecule is CC(C)(C)OC(=O)N1CCN(c2cccc3c2CCCN3[C@@H]2CCC(=O)NC2=O)CC1. The summed E-state index contributed by atoms with van der Waals surface area (Å²) in [5.41, 5.74) is 3.03. The molecule has 31 heavy (non-hydrogen) atoms. The molecule has 1 aromatic rings. The minimum atomic E-state index is -0.494. The molecule has 0 spiro atoms. The average Bonchev–Trinajstić information content (AvgIpc) is 2.72. The topological polar surface area (TPSA) is 82.2 Å². The van der Waals surface area contributed by atoms with Gasteiger partial charge in [-0.25, -0.2) is 4.79 Å². The predicted molar refractivity (Wildman–Crippen MR) is 118 cm³/mol. The predicted octanol–water partition coefficient (Wildman–Crippen LogP) is 2.30. The minimum Gasteiger partial charge on any atom is -0.444 e. The molecule has 0 radical (unpaired) electrons. The number of benzene rings is 1. The highest BCUT2D eigenvalue weighted by Crippen LogP contribution is 2.37. The van der Waals surface area contributed by atoms with Crippen molar-refractivity contribution in [1.82, 2.24) is 10.2 Å². The number of carbonyl (C=O) groups excluding carboxylic acids is 3. The van der Waals surface area contributed by atoms with Crippen molar-refractivity contribution in [3.8, 4) is 0 Å². The molecular formula is C23H32N4O4. The van der Waals surface area contributed by atoms with Crippen molar-refractivity contribution in [3.05, 3.63) is 23.8 Å². The number of piperazine rings is 1. The van der Waals surface area contributed by atoms with Crippen LogP contribution in [0.4, 0.5) is 16.2 Å². The van der Waals surface area contributed by atoms with E-state index >= 15 is 0 Å². The van der Waals surface area contributed by atoms with Gasteiger partial charge in [0.1, 0.15) is 11.6 Å². The number of carbonyl (C=O) groups is 3. The highest BCUT2D eigenvalue weighted by atomic mass is 16.6. The fourth-order valence-corrected chi connectivity index (χ4v) is 4.69. The molecule has 3 heterocycles. The van der Waals surface area contributed by atoms with Gasteiger partial charge in [0.05, 0.1) is 0 Å². The van der Waals surface area contributed by atoms with Crippen LogP contribution in [0.3, 0.4) is 0 Å². The van der Waals surface area contributed by atoms with Crippen LogP contribution < -0.4 is 15.1 Å². The average molecular weight is 429 g/mol. The Hall–Kier alpha value is -2.77. The maximum Gasteiger partial charge on any atom is 0.410 e. The summed E-state index contributed by atoms with van der Waals surface area (Å²) in [6, 6.07) is 5.96. The molecular weight excluding hydrogens is 396 g/mol. The second-order valence-corrected chi connectivity index (χ2v) is 9.49. The number of nitrogens with zero attached hydrogens (tertiary/aromatic N) is 3. The summed E-state index contributed by atoms with van der Waals surface area (Å²) in [6.07, 6.45) is 2.62. The van der Waals surface area contributed by atoms with Crippen LogP contribution in [0, 0.1) is 0 Å². The molecule has 1 aromatic carbocycles. The molecule has 1 atom stereocenters. The molecule has 3 aliphatic rings. The Balaban J connectivity index is 1.49. The maximum absolute atomic E-state index is 12.5. The molecule has 2 fully saturated rings. The number of hydrogen-bond acceptors (Lipinski definition) is 6. The summed E-state index contributed by atoms with van der Waals surface area (Å²) < 4.78 is 5.51. The van der Waals surface area contributed by atoms with Crippen LogP contribution >= 0.6 is 0 Å². The van der Waals surface area contributed by atoms with Gasteiger partial charge in [0.2, 0.25) is 11.8 Å². The van der Waals surface area contributed by atoms with Gasteiger partial charge in [-0.3, -0.25) is 14.9 Å². The van der Waals surface area contributed by atoms with Crippen molar-refractivity contribution in [2.45, 2.75) is 58.1 Å². The molecule has 0 aliphatic carbocycles. The molecule has 0 bridgehead atoms. The fraction of sp³-hybridized carbons (Fsp3) is 0.609. The van der Waals surface area contributed by atoms with Crippen molar-refractivity contribution in [2.24, 2.45) is 0 Å². The van der Waals surface area contributed by atoms with E-state index in [4.69, 9.17) is 4.74 Å². The van der Waals surface area contributed by atoms with Gasteiger partial charge in [-0.15, -0.1) is 0 Å². The van der Waals surface area contributed by atoms with Gasteiger partial charge in [0, 0.05) is 50.5 Å². The van der Waals surface area contributed by atoms with E-state index in [0.29, 0.717) is 25.9 Å². The maximum atomic E-state index is 12.5. The number of hydrogen-bond donors (Lipinski definition) is 1. The zero-order chi connectivity index (χ0) is 22.2. The number of piperidine rings is 1. The number of anilines is 2. The number of rotatable bonds is 2. The second-order valence-electron chi connectivity index (χ2n) is 9.49. The Morgan fingerprint density at radius 1 is 1.03 bits per heavy atom. The number of fused-ring (bicyclic) bond motifs is 1. The molecule has 8 nitrogen and oxygen atoms in total. The van der Waals surface area contributed by atoms with Crippen molar-refractivity contribution in [1.29, 1.82) is 0 Å². The van der Waals surface area contributed by atoms with E-state index in [1.807, 2.05) is 26.8 Å². The van der Waals surface area contributed by atoms with Crippen molar-refractivity contribution >= 4 is 29.3 Å². The minimum absolute atomic E-state index is 0.185. The zero-order valence-corrected chi connectivity index (χ0v) is 18.6. The molecule has 0 unspecified atom stereocenters. The van der Waals surface area contributed by atoms with Gasteiger partial charge in [-0.1, -0.05) is 6.07 Å². The van der Waals surface area contributed by atoms with Crippen LogP contribution in [0.25, 0.3) is 0 Å².